The largest absolute Gasteiger partial charge is 0.378 e. The average molecular weight is 290 g/mol. The number of nitrogens with one attached hydrogen (secondary N) is 1. The van der Waals surface area contributed by atoms with E-state index in [1.165, 1.54) is 12.1 Å². The second kappa shape index (κ2) is 4.82. The van der Waals surface area contributed by atoms with Crippen molar-refractivity contribution in [2.24, 2.45) is 4.99 Å². The molecule has 1 heterocycles. The van der Waals surface area contributed by atoms with Crippen molar-refractivity contribution in [3.63, 3.8) is 0 Å². The van der Waals surface area contributed by atoms with E-state index in [1.54, 1.807) is 30.3 Å². The van der Waals surface area contributed by atoms with Crippen molar-refractivity contribution in [2.75, 3.05) is 0 Å². The number of amidine groups is 1. The maximum absolute atomic E-state index is 10.6. The van der Waals surface area contributed by atoms with Gasteiger partial charge in [0, 0.05) is 28.8 Å². The Kier molecular flexibility index (Phi) is 3.00. The Hall–Kier alpha value is -2.60. The van der Waals surface area contributed by atoms with E-state index < -0.39 is 4.92 Å². The predicted octanol–water partition coefficient (Wildman–Crippen LogP) is 3.22. The monoisotopic (exact) mass is 289 g/mol. The first kappa shape index (κ1) is 12.4. The van der Waals surface area contributed by atoms with Crippen LogP contribution in [0.15, 0.2) is 47.5 Å². The Labute approximate surface area is 118 Å². The topological polar surface area (TPSA) is 76.8 Å². The van der Waals surface area contributed by atoms with Crippen molar-refractivity contribution < 1.29 is 9.76 Å². The summed E-state index contributed by atoms with van der Waals surface area (Å²) in [6.07, 6.45) is 0. The molecule has 0 fully saturated rings. The molecular formula is C13H8ClN3O3. The summed E-state index contributed by atoms with van der Waals surface area (Å²) in [5.74, 6) is 1.01. The highest BCUT2D eigenvalue weighted by Gasteiger charge is 2.15. The number of halogens is 1. The molecule has 0 saturated heterocycles. The van der Waals surface area contributed by atoms with Crippen molar-refractivity contribution in [2.45, 2.75) is 0 Å². The van der Waals surface area contributed by atoms with E-state index >= 15 is 0 Å². The number of aliphatic imine (C=N–C) groups is 1. The van der Waals surface area contributed by atoms with E-state index in [4.69, 9.17) is 16.4 Å². The summed E-state index contributed by atoms with van der Waals surface area (Å²) in [6.45, 7) is 0. The molecule has 2 aromatic carbocycles. The number of rotatable bonds is 2. The summed E-state index contributed by atoms with van der Waals surface area (Å²) in [4.78, 5) is 19.9. The van der Waals surface area contributed by atoms with Crippen LogP contribution in [-0.2, 0) is 0 Å². The highest BCUT2D eigenvalue weighted by Crippen LogP contribution is 2.32. The zero-order valence-electron chi connectivity index (χ0n) is 10.0. The zero-order valence-corrected chi connectivity index (χ0v) is 10.8. The fourth-order valence-corrected chi connectivity index (χ4v) is 1.94. The van der Waals surface area contributed by atoms with Gasteiger partial charge in [0.25, 0.3) is 5.69 Å². The van der Waals surface area contributed by atoms with Gasteiger partial charge >= 0.3 is 0 Å². The maximum Gasteiger partial charge on any atom is 0.269 e. The van der Waals surface area contributed by atoms with E-state index in [9.17, 15) is 10.1 Å². The molecule has 20 heavy (non-hydrogen) atoms. The van der Waals surface area contributed by atoms with Crippen molar-refractivity contribution in [3.8, 4) is 5.75 Å². The molecule has 0 atom stereocenters. The number of non-ortho nitro benzene ring substituents is 1. The number of benzene rings is 2. The molecule has 1 aliphatic rings. The number of hydrogen-bond acceptors (Lipinski definition) is 5. The van der Waals surface area contributed by atoms with Gasteiger partial charge in [-0.3, -0.25) is 10.1 Å². The minimum atomic E-state index is -0.451. The van der Waals surface area contributed by atoms with Crippen LogP contribution in [0.2, 0.25) is 5.02 Å². The van der Waals surface area contributed by atoms with E-state index in [0.29, 0.717) is 27.9 Å². The molecule has 1 aliphatic heterocycles. The molecule has 7 heteroatoms. The second-order valence-corrected chi connectivity index (χ2v) is 4.52. The number of hydroxylamine groups is 1. The highest BCUT2D eigenvalue weighted by atomic mass is 35.5. The van der Waals surface area contributed by atoms with Crippen molar-refractivity contribution in [1.29, 1.82) is 0 Å². The number of nitrogens with zero attached hydrogens (tertiary/aromatic N) is 2. The Morgan fingerprint density at radius 2 is 1.95 bits per heavy atom. The SMILES string of the molecule is O=[N+]([O-])c1ccc(C2=Nc3ccc(Cl)cc3ON2)cc1. The van der Waals surface area contributed by atoms with E-state index in [2.05, 4.69) is 10.5 Å². The Bertz CT molecular complexity index is 713. The predicted molar refractivity (Wildman–Crippen MR) is 74.5 cm³/mol. The summed E-state index contributed by atoms with van der Waals surface area (Å²) >= 11 is 5.86. The lowest BCUT2D eigenvalue weighted by Gasteiger charge is -2.17. The molecule has 0 aliphatic carbocycles. The Morgan fingerprint density at radius 1 is 1.20 bits per heavy atom. The standard InChI is InChI=1S/C13H8ClN3O3/c14-9-3-6-11-12(7-9)20-16-13(15-11)8-1-4-10(5-2-8)17(18)19/h1-7H,(H,15,16). The smallest absolute Gasteiger partial charge is 0.269 e. The summed E-state index contributed by atoms with van der Waals surface area (Å²) in [5.41, 5.74) is 4.05. The summed E-state index contributed by atoms with van der Waals surface area (Å²) < 4.78 is 0. The van der Waals surface area contributed by atoms with Crippen LogP contribution in [0.25, 0.3) is 0 Å². The van der Waals surface area contributed by atoms with Crippen LogP contribution in [0.1, 0.15) is 5.56 Å². The average Bonchev–Trinajstić information content (AvgIpc) is 2.47. The van der Waals surface area contributed by atoms with E-state index in [-0.39, 0.29) is 5.69 Å². The minimum Gasteiger partial charge on any atom is -0.378 e. The van der Waals surface area contributed by atoms with Gasteiger partial charge in [0.1, 0.15) is 5.69 Å². The van der Waals surface area contributed by atoms with Gasteiger partial charge in [-0.15, -0.1) is 0 Å². The van der Waals surface area contributed by atoms with Gasteiger partial charge in [-0.25, -0.2) is 10.5 Å². The lowest BCUT2D eigenvalue weighted by atomic mass is 10.2. The van der Waals surface area contributed by atoms with Crippen LogP contribution in [-0.4, -0.2) is 10.8 Å². The Morgan fingerprint density at radius 3 is 2.65 bits per heavy atom. The third-order valence-electron chi connectivity index (χ3n) is 2.76. The first-order chi connectivity index (χ1) is 9.63. The van der Waals surface area contributed by atoms with Crippen LogP contribution in [0.3, 0.4) is 0 Å². The van der Waals surface area contributed by atoms with Crippen LogP contribution in [0, 0.1) is 10.1 Å². The first-order valence-electron chi connectivity index (χ1n) is 5.69. The summed E-state index contributed by atoms with van der Waals surface area (Å²) in [6, 6.07) is 11.1. The number of fused-ring (bicyclic) bond motifs is 1. The zero-order chi connectivity index (χ0) is 14.1. The molecule has 0 saturated carbocycles. The van der Waals surface area contributed by atoms with Crippen molar-refractivity contribution in [3.05, 3.63) is 63.2 Å². The third-order valence-corrected chi connectivity index (χ3v) is 3.00. The minimum absolute atomic E-state index is 0.0262. The van der Waals surface area contributed by atoms with Crippen molar-refractivity contribution >= 4 is 28.8 Å². The molecule has 6 nitrogen and oxygen atoms in total. The quantitative estimate of drug-likeness (QED) is 0.680. The molecule has 0 amide bonds. The first-order valence-corrected chi connectivity index (χ1v) is 6.07. The number of nitro benzene ring substituents is 1. The summed E-state index contributed by atoms with van der Waals surface area (Å²) in [5, 5.41) is 11.2. The summed E-state index contributed by atoms with van der Waals surface area (Å²) in [7, 11) is 0. The fourth-order valence-electron chi connectivity index (χ4n) is 1.77. The van der Waals surface area contributed by atoms with Crippen LogP contribution >= 0.6 is 11.6 Å². The van der Waals surface area contributed by atoms with Gasteiger partial charge in [0.15, 0.2) is 11.6 Å². The van der Waals surface area contributed by atoms with Gasteiger partial charge in [-0.05, 0) is 24.3 Å². The molecular weight excluding hydrogens is 282 g/mol. The van der Waals surface area contributed by atoms with Gasteiger partial charge in [0.2, 0.25) is 0 Å². The molecule has 0 bridgehead atoms. The molecule has 1 N–H and O–H groups in total. The molecule has 0 radical (unpaired) electrons. The fraction of sp³-hybridized carbons (Fsp3) is 0. The molecule has 100 valence electrons. The maximum atomic E-state index is 10.6. The normalized spacial score (nSPS) is 12.8. The number of nitro groups is 1. The third kappa shape index (κ3) is 2.28. The number of hydrogen-bond donors (Lipinski definition) is 1. The lowest BCUT2D eigenvalue weighted by Crippen LogP contribution is -2.30. The van der Waals surface area contributed by atoms with Crippen LogP contribution in [0.5, 0.6) is 5.75 Å². The van der Waals surface area contributed by atoms with Crippen LogP contribution < -0.4 is 10.3 Å². The molecule has 0 aromatic heterocycles. The Balaban J connectivity index is 1.95. The van der Waals surface area contributed by atoms with Crippen LogP contribution in [0.4, 0.5) is 11.4 Å². The lowest BCUT2D eigenvalue weighted by molar-refractivity contribution is -0.384. The molecule has 0 spiro atoms. The molecule has 3 rings (SSSR count). The van der Waals surface area contributed by atoms with E-state index in [1.807, 2.05) is 0 Å². The van der Waals surface area contributed by atoms with Gasteiger partial charge in [0.05, 0.1) is 4.92 Å². The molecule has 0 unspecified atom stereocenters. The van der Waals surface area contributed by atoms with Crippen molar-refractivity contribution in [1.82, 2.24) is 5.48 Å². The highest BCUT2D eigenvalue weighted by molar-refractivity contribution is 6.30. The van der Waals surface area contributed by atoms with Gasteiger partial charge < -0.3 is 4.84 Å². The van der Waals surface area contributed by atoms with E-state index in [0.717, 1.165) is 0 Å². The van der Waals surface area contributed by atoms with Gasteiger partial charge in [-0.2, -0.15) is 0 Å². The molecule has 2 aromatic rings. The second-order valence-electron chi connectivity index (χ2n) is 4.08. The van der Waals surface area contributed by atoms with Gasteiger partial charge in [-0.1, -0.05) is 11.6 Å².